The molecule has 0 aromatic rings. The summed E-state index contributed by atoms with van der Waals surface area (Å²) in [6.07, 6.45) is -1.02. The number of halogens is 1. The number of aliphatic hydroxyl groups is 1. The summed E-state index contributed by atoms with van der Waals surface area (Å²) >= 11 is 1.80. The van der Waals surface area contributed by atoms with Crippen molar-refractivity contribution >= 4 is 32.7 Å². The predicted molar refractivity (Wildman–Crippen MR) is 39.5 cm³/mol. The van der Waals surface area contributed by atoms with E-state index in [2.05, 4.69) is 0 Å². The maximum atomic E-state index is 9.88. The molecule has 0 saturated carbocycles. The van der Waals surface area contributed by atoms with E-state index in [1.54, 1.807) is 22.6 Å². The fourth-order valence-corrected chi connectivity index (χ4v) is 1.60. The van der Waals surface area contributed by atoms with Crippen molar-refractivity contribution in [1.82, 2.24) is 0 Å². The van der Waals surface area contributed by atoms with Crippen LogP contribution in [-0.2, 0) is 10.1 Å². The zero-order valence-electron chi connectivity index (χ0n) is 5.45. The normalized spacial score (nSPS) is 13.9. The van der Waals surface area contributed by atoms with E-state index in [4.69, 9.17) is 5.11 Å². The summed E-state index contributed by atoms with van der Waals surface area (Å²) in [6.45, 7) is 0. The number of aliphatic hydroxyl groups excluding tert-OH is 1. The first-order chi connectivity index (χ1) is 3.95. The SMILES string of the molecule is O=S(=O)([O-])CC(O)CI.[Na+]. The van der Waals surface area contributed by atoms with Crippen LogP contribution in [0.15, 0.2) is 0 Å². The van der Waals surface area contributed by atoms with Gasteiger partial charge in [0.15, 0.2) is 0 Å². The van der Waals surface area contributed by atoms with Crippen molar-refractivity contribution in [3.8, 4) is 0 Å². The van der Waals surface area contributed by atoms with Crippen LogP contribution in [0.3, 0.4) is 0 Å². The Morgan fingerprint density at radius 2 is 2.00 bits per heavy atom. The van der Waals surface area contributed by atoms with Crippen molar-refractivity contribution in [2.45, 2.75) is 6.10 Å². The third-order valence-corrected chi connectivity index (χ3v) is 2.38. The molecule has 1 unspecified atom stereocenters. The van der Waals surface area contributed by atoms with Crippen LogP contribution in [0.5, 0.6) is 0 Å². The van der Waals surface area contributed by atoms with Gasteiger partial charge in [0.05, 0.1) is 22.0 Å². The second-order valence-corrected chi connectivity index (χ2v) is 3.86. The van der Waals surface area contributed by atoms with Crippen molar-refractivity contribution < 1.29 is 47.6 Å². The van der Waals surface area contributed by atoms with E-state index in [0.29, 0.717) is 0 Å². The molecule has 0 heterocycles. The zero-order chi connectivity index (χ0) is 7.49. The van der Waals surface area contributed by atoms with Crippen LogP contribution in [0, 0.1) is 0 Å². The van der Waals surface area contributed by atoms with Gasteiger partial charge in [-0.2, -0.15) is 0 Å². The van der Waals surface area contributed by atoms with Gasteiger partial charge in [-0.25, -0.2) is 8.42 Å². The first-order valence-electron chi connectivity index (χ1n) is 2.13. The topological polar surface area (TPSA) is 77.4 Å². The fourth-order valence-electron chi connectivity index (χ4n) is 0.280. The van der Waals surface area contributed by atoms with E-state index in [1.165, 1.54) is 0 Å². The monoisotopic (exact) mass is 288 g/mol. The summed E-state index contributed by atoms with van der Waals surface area (Å²) in [5.74, 6) is -0.685. The van der Waals surface area contributed by atoms with Crippen LogP contribution in [0.1, 0.15) is 0 Å². The molecule has 56 valence electrons. The Labute approximate surface area is 95.6 Å². The van der Waals surface area contributed by atoms with E-state index in [1.807, 2.05) is 0 Å². The zero-order valence-corrected chi connectivity index (χ0v) is 10.4. The Hall–Kier alpha value is 1.60. The van der Waals surface area contributed by atoms with Gasteiger partial charge in [0.25, 0.3) is 0 Å². The maximum absolute atomic E-state index is 9.88. The van der Waals surface area contributed by atoms with Crippen molar-refractivity contribution in [2.75, 3.05) is 10.2 Å². The van der Waals surface area contributed by atoms with Gasteiger partial charge in [-0.15, -0.1) is 0 Å². The standard InChI is InChI=1S/C3H7IO4S.Na/c4-1-3(5)2-9(6,7)8;/h3,5H,1-2H2,(H,6,7,8);/q;+1/p-1. The van der Waals surface area contributed by atoms with E-state index in [9.17, 15) is 13.0 Å². The second-order valence-electron chi connectivity index (χ2n) is 1.53. The van der Waals surface area contributed by atoms with Crippen LogP contribution in [0.2, 0.25) is 0 Å². The van der Waals surface area contributed by atoms with Crippen molar-refractivity contribution in [3.63, 3.8) is 0 Å². The molecule has 0 fully saturated rings. The molecule has 0 amide bonds. The average Bonchev–Trinajstić information content (AvgIpc) is 1.62. The molecule has 1 N–H and O–H groups in total. The van der Waals surface area contributed by atoms with E-state index < -0.39 is 22.0 Å². The molecule has 0 aromatic heterocycles. The molecule has 0 aliphatic heterocycles. The third-order valence-electron chi connectivity index (χ3n) is 0.575. The third kappa shape index (κ3) is 9.60. The van der Waals surface area contributed by atoms with Crippen LogP contribution in [-0.4, -0.2) is 34.4 Å². The summed E-state index contributed by atoms with van der Waals surface area (Å²) in [7, 11) is -4.24. The average molecular weight is 288 g/mol. The minimum atomic E-state index is -4.24. The van der Waals surface area contributed by atoms with Gasteiger partial charge >= 0.3 is 29.6 Å². The van der Waals surface area contributed by atoms with Crippen LogP contribution in [0.25, 0.3) is 0 Å². The Balaban J connectivity index is 0. The van der Waals surface area contributed by atoms with Gasteiger partial charge in [-0.05, 0) is 0 Å². The summed E-state index contributed by atoms with van der Waals surface area (Å²) in [4.78, 5) is 0. The smallest absolute Gasteiger partial charge is 0.748 e. The molecule has 0 spiro atoms. The minimum Gasteiger partial charge on any atom is -0.748 e. The molecule has 0 saturated heterocycles. The molecule has 0 aliphatic carbocycles. The van der Waals surface area contributed by atoms with Gasteiger partial charge in [0, 0.05) is 4.43 Å². The predicted octanol–water partition coefficient (Wildman–Crippen LogP) is -3.67. The molecule has 7 heteroatoms. The minimum absolute atomic E-state index is 0. The maximum Gasteiger partial charge on any atom is 1.00 e. The molecular weight excluding hydrogens is 282 g/mol. The van der Waals surface area contributed by atoms with Crippen LogP contribution < -0.4 is 29.6 Å². The summed E-state index contributed by atoms with van der Waals surface area (Å²) in [5.41, 5.74) is 0. The molecule has 1 atom stereocenters. The van der Waals surface area contributed by atoms with Gasteiger partial charge in [0.1, 0.15) is 0 Å². The Kier molecular flexibility index (Phi) is 8.70. The number of alkyl halides is 1. The molecule has 0 radical (unpaired) electrons. The number of rotatable bonds is 3. The Morgan fingerprint density at radius 3 is 2.10 bits per heavy atom. The molecule has 4 nitrogen and oxygen atoms in total. The first kappa shape index (κ1) is 14.1. The quantitative estimate of drug-likeness (QED) is 0.251. The van der Waals surface area contributed by atoms with Crippen molar-refractivity contribution in [2.24, 2.45) is 0 Å². The summed E-state index contributed by atoms with van der Waals surface area (Å²) in [6, 6.07) is 0. The van der Waals surface area contributed by atoms with Crippen molar-refractivity contribution in [3.05, 3.63) is 0 Å². The molecule has 0 rings (SSSR count). The molecule has 0 bridgehead atoms. The Morgan fingerprint density at radius 1 is 1.60 bits per heavy atom. The van der Waals surface area contributed by atoms with E-state index in [0.717, 1.165) is 0 Å². The van der Waals surface area contributed by atoms with Crippen LogP contribution in [0.4, 0.5) is 0 Å². The first-order valence-corrected chi connectivity index (χ1v) is 5.23. The van der Waals surface area contributed by atoms with Gasteiger partial charge in [-0.3, -0.25) is 0 Å². The molecule has 0 aliphatic rings. The number of hydrogen-bond acceptors (Lipinski definition) is 4. The van der Waals surface area contributed by atoms with Crippen LogP contribution >= 0.6 is 22.6 Å². The van der Waals surface area contributed by atoms with Crippen molar-refractivity contribution in [1.29, 1.82) is 0 Å². The summed E-state index contributed by atoms with van der Waals surface area (Å²) < 4.78 is 29.9. The number of hydrogen-bond donors (Lipinski definition) is 1. The Bertz CT molecular complexity index is 167. The largest absolute Gasteiger partial charge is 1.00 e. The molecule has 0 aromatic carbocycles. The summed E-state index contributed by atoms with van der Waals surface area (Å²) in [5, 5.41) is 8.61. The molecule has 10 heavy (non-hydrogen) atoms. The molecular formula is C3H6INaO4S. The van der Waals surface area contributed by atoms with Gasteiger partial charge in [0.2, 0.25) is 0 Å². The second kappa shape index (κ2) is 6.15. The van der Waals surface area contributed by atoms with Gasteiger partial charge < -0.3 is 9.66 Å². The van der Waals surface area contributed by atoms with E-state index >= 15 is 0 Å². The fraction of sp³-hybridized carbons (Fsp3) is 1.00. The van der Waals surface area contributed by atoms with E-state index in [-0.39, 0.29) is 34.0 Å². The van der Waals surface area contributed by atoms with Gasteiger partial charge in [-0.1, -0.05) is 22.6 Å².